The molecule has 0 bridgehead atoms. The average Bonchev–Trinajstić information content (AvgIpc) is 3.10. The van der Waals surface area contributed by atoms with Gasteiger partial charge in [-0.05, 0) is 60.7 Å². The molecule has 0 saturated heterocycles. The molecule has 3 heterocycles. The standard InChI is InChI=1S/C27H25N3O3/c1-2-33-22-13-11-21(12-14-22)24-25(29-16-6-9-20-8-3-4-10-23(20)29)27(32)30(26(24)31)18-19-7-5-15-28-17-19/h3-5,7-8,10-15,17H,2,6,9,16,18H2,1H3. The van der Waals surface area contributed by atoms with E-state index in [1.807, 2.05) is 66.4 Å². The van der Waals surface area contributed by atoms with Gasteiger partial charge in [-0.3, -0.25) is 19.5 Å². The second-order valence-corrected chi connectivity index (χ2v) is 8.12. The lowest BCUT2D eigenvalue weighted by atomic mass is 9.98. The zero-order valence-corrected chi connectivity index (χ0v) is 18.5. The van der Waals surface area contributed by atoms with Crippen molar-refractivity contribution in [3.63, 3.8) is 0 Å². The van der Waals surface area contributed by atoms with Gasteiger partial charge in [0.15, 0.2) is 0 Å². The predicted octanol–water partition coefficient (Wildman–Crippen LogP) is 4.21. The van der Waals surface area contributed by atoms with E-state index in [2.05, 4.69) is 11.1 Å². The van der Waals surface area contributed by atoms with E-state index < -0.39 is 0 Å². The van der Waals surface area contributed by atoms with Gasteiger partial charge < -0.3 is 9.64 Å². The normalized spacial score (nSPS) is 15.8. The lowest BCUT2D eigenvalue weighted by molar-refractivity contribution is -0.137. The summed E-state index contributed by atoms with van der Waals surface area (Å²) in [6.45, 7) is 3.36. The third kappa shape index (κ3) is 3.89. The monoisotopic (exact) mass is 439 g/mol. The van der Waals surface area contributed by atoms with Crippen molar-refractivity contribution in [3.05, 3.63) is 95.4 Å². The smallest absolute Gasteiger partial charge is 0.278 e. The van der Waals surface area contributed by atoms with E-state index in [4.69, 9.17) is 4.74 Å². The minimum Gasteiger partial charge on any atom is -0.494 e. The first-order valence-electron chi connectivity index (χ1n) is 11.3. The maximum Gasteiger partial charge on any atom is 0.278 e. The van der Waals surface area contributed by atoms with Crippen LogP contribution in [0.25, 0.3) is 5.57 Å². The van der Waals surface area contributed by atoms with E-state index in [9.17, 15) is 9.59 Å². The zero-order chi connectivity index (χ0) is 22.8. The van der Waals surface area contributed by atoms with Crippen molar-refractivity contribution in [2.45, 2.75) is 26.3 Å². The third-order valence-corrected chi connectivity index (χ3v) is 6.04. The maximum absolute atomic E-state index is 13.7. The van der Waals surface area contributed by atoms with Gasteiger partial charge in [0.25, 0.3) is 11.8 Å². The Labute approximate surface area is 193 Å². The SMILES string of the molecule is CCOc1ccc(C2=C(N3CCCc4ccccc43)C(=O)N(Cc3cccnc3)C2=O)cc1. The summed E-state index contributed by atoms with van der Waals surface area (Å²) in [5, 5.41) is 0. The van der Waals surface area contributed by atoms with Crippen LogP contribution in [-0.2, 0) is 22.6 Å². The summed E-state index contributed by atoms with van der Waals surface area (Å²) >= 11 is 0. The highest BCUT2D eigenvalue weighted by Crippen LogP contribution is 2.38. The highest BCUT2D eigenvalue weighted by molar-refractivity contribution is 6.36. The minimum absolute atomic E-state index is 0.186. The molecular weight excluding hydrogens is 414 g/mol. The first-order chi connectivity index (χ1) is 16.2. The van der Waals surface area contributed by atoms with Crippen LogP contribution in [0.4, 0.5) is 5.69 Å². The minimum atomic E-state index is -0.286. The fourth-order valence-electron chi connectivity index (χ4n) is 4.54. The van der Waals surface area contributed by atoms with E-state index in [1.54, 1.807) is 12.4 Å². The van der Waals surface area contributed by atoms with Gasteiger partial charge in [-0.1, -0.05) is 36.4 Å². The van der Waals surface area contributed by atoms with Crippen LogP contribution in [0.3, 0.4) is 0 Å². The lowest BCUT2D eigenvalue weighted by Crippen LogP contribution is -2.36. The molecule has 3 aromatic rings. The van der Waals surface area contributed by atoms with E-state index >= 15 is 0 Å². The number of imide groups is 1. The molecule has 33 heavy (non-hydrogen) atoms. The Morgan fingerprint density at radius 3 is 2.55 bits per heavy atom. The molecule has 0 N–H and O–H groups in total. The molecule has 2 amide bonds. The Hall–Kier alpha value is -3.93. The van der Waals surface area contributed by atoms with Crippen molar-refractivity contribution in [1.82, 2.24) is 9.88 Å². The molecular formula is C27H25N3O3. The van der Waals surface area contributed by atoms with Crippen LogP contribution in [0.5, 0.6) is 5.75 Å². The highest BCUT2D eigenvalue weighted by Gasteiger charge is 2.42. The molecule has 0 spiro atoms. The number of ether oxygens (including phenoxy) is 1. The van der Waals surface area contributed by atoms with Gasteiger partial charge in [-0.25, -0.2) is 0 Å². The molecule has 1 aromatic heterocycles. The summed E-state index contributed by atoms with van der Waals surface area (Å²) in [5.41, 5.74) is 4.58. The number of fused-ring (bicyclic) bond motifs is 1. The van der Waals surface area contributed by atoms with Gasteiger partial charge >= 0.3 is 0 Å². The van der Waals surface area contributed by atoms with Crippen molar-refractivity contribution < 1.29 is 14.3 Å². The molecule has 166 valence electrons. The number of anilines is 1. The number of para-hydroxylation sites is 1. The Morgan fingerprint density at radius 2 is 1.79 bits per heavy atom. The number of hydrogen-bond acceptors (Lipinski definition) is 5. The maximum atomic E-state index is 13.7. The van der Waals surface area contributed by atoms with E-state index in [-0.39, 0.29) is 18.4 Å². The lowest BCUT2D eigenvalue weighted by Gasteiger charge is -2.32. The summed E-state index contributed by atoms with van der Waals surface area (Å²) in [6, 6.07) is 19.2. The fraction of sp³-hybridized carbons (Fsp3) is 0.222. The van der Waals surface area contributed by atoms with E-state index in [1.165, 1.54) is 10.5 Å². The predicted molar refractivity (Wildman–Crippen MR) is 126 cm³/mol. The number of hydrogen-bond donors (Lipinski definition) is 0. The summed E-state index contributed by atoms with van der Waals surface area (Å²) in [5.74, 6) is 0.172. The van der Waals surface area contributed by atoms with Gasteiger partial charge in [0, 0.05) is 24.6 Å². The Morgan fingerprint density at radius 1 is 0.970 bits per heavy atom. The van der Waals surface area contributed by atoms with Crippen LogP contribution in [0.1, 0.15) is 30.0 Å². The molecule has 2 aliphatic rings. The number of benzene rings is 2. The number of rotatable bonds is 6. The van der Waals surface area contributed by atoms with Crippen LogP contribution in [-0.4, -0.2) is 34.8 Å². The molecule has 0 radical (unpaired) electrons. The zero-order valence-electron chi connectivity index (χ0n) is 18.5. The van der Waals surface area contributed by atoms with Crippen LogP contribution in [0, 0.1) is 0 Å². The summed E-state index contributed by atoms with van der Waals surface area (Å²) in [7, 11) is 0. The van der Waals surface area contributed by atoms with E-state index in [0.717, 1.165) is 29.8 Å². The molecule has 6 heteroatoms. The van der Waals surface area contributed by atoms with Gasteiger partial charge in [0.05, 0.1) is 18.7 Å². The number of amides is 2. The van der Waals surface area contributed by atoms with Gasteiger partial charge in [0.2, 0.25) is 0 Å². The van der Waals surface area contributed by atoms with Gasteiger partial charge in [-0.15, -0.1) is 0 Å². The van der Waals surface area contributed by atoms with Crippen molar-refractivity contribution in [2.75, 3.05) is 18.1 Å². The summed E-state index contributed by atoms with van der Waals surface area (Å²) < 4.78 is 5.57. The van der Waals surface area contributed by atoms with Crippen molar-refractivity contribution in [1.29, 1.82) is 0 Å². The number of nitrogens with zero attached hydrogens (tertiary/aromatic N) is 3. The Kier molecular flexibility index (Phi) is 5.65. The molecule has 0 unspecified atom stereocenters. The van der Waals surface area contributed by atoms with Gasteiger partial charge in [0.1, 0.15) is 11.4 Å². The second-order valence-electron chi connectivity index (χ2n) is 8.12. The summed E-state index contributed by atoms with van der Waals surface area (Å²) in [6.07, 6.45) is 5.24. The van der Waals surface area contributed by atoms with Crippen LogP contribution in [0.2, 0.25) is 0 Å². The number of carbonyl (C=O) groups excluding carboxylic acids is 2. The molecule has 0 fully saturated rings. The van der Waals surface area contributed by atoms with Crippen molar-refractivity contribution in [2.24, 2.45) is 0 Å². The number of carbonyl (C=O) groups is 2. The topological polar surface area (TPSA) is 62.7 Å². The van der Waals surface area contributed by atoms with Crippen LogP contribution in [0.15, 0.2) is 78.8 Å². The van der Waals surface area contributed by atoms with Crippen molar-refractivity contribution in [3.8, 4) is 5.75 Å². The molecule has 2 aromatic carbocycles. The second kappa shape index (κ2) is 8.90. The Balaban J connectivity index is 1.60. The largest absolute Gasteiger partial charge is 0.494 e. The molecule has 0 saturated carbocycles. The number of aromatic nitrogens is 1. The Bertz CT molecular complexity index is 1220. The first-order valence-corrected chi connectivity index (χ1v) is 11.3. The number of aryl methyl sites for hydroxylation is 1. The summed E-state index contributed by atoms with van der Waals surface area (Å²) in [4.78, 5) is 34.9. The molecule has 5 rings (SSSR count). The van der Waals surface area contributed by atoms with E-state index in [0.29, 0.717) is 30.0 Å². The molecule has 6 nitrogen and oxygen atoms in total. The molecule has 2 aliphatic heterocycles. The molecule has 0 aliphatic carbocycles. The first kappa shape index (κ1) is 20.9. The quantitative estimate of drug-likeness (QED) is 0.539. The fourth-order valence-corrected chi connectivity index (χ4v) is 4.54. The molecule has 0 atom stereocenters. The van der Waals surface area contributed by atoms with Gasteiger partial charge in [-0.2, -0.15) is 0 Å². The van der Waals surface area contributed by atoms with Crippen LogP contribution < -0.4 is 9.64 Å². The van der Waals surface area contributed by atoms with Crippen molar-refractivity contribution >= 4 is 23.1 Å². The number of pyridine rings is 1. The van der Waals surface area contributed by atoms with Crippen LogP contribution >= 0.6 is 0 Å². The third-order valence-electron chi connectivity index (χ3n) is 6.04. The highest BCUT2D eigenvalue weighted by atomic mass is 16.5. The average molecular weight is 440 g/mol.